The maximum atomic E-state index is 13.3. The first kappa shape index (κ1) is 22.1. The summed E-state index contributed by atoms with van der Waals surface area (Å²) in [6, 6.07) is 14.6. The number of nitrogens with one attached hydrogen (secondary N) is 1. The molecule has 1 amide bonds. The first-order chi connectivity index (χ1) is 15.3. The lowest BCUT2D eigenvalue weighted by atomic mass is 9.97. The average Bonchev–Trinajstić information content (AvgIpc) is 3.10. The van der Waals surface area contributed by atoms with Gasteiger partial charge in [0.25, 0.3) is 0 Å². The number of amides is 1. The van der Waals surface area contributed by atoms with Gasteiger partial charge >= 0.3 is 6.09 Å². The van der Waals surface area contributed by atoms with E-state index < -0.39 is 5.60 Å². The molecule has 0 bridgehead atoms. The SMILES string of the molecule is CC(C)(C)OC(=O)N1CCC(CNc2nc3ccccc3n2Cc2ccc(F)cc2)CC1. The molecule has 0 spiro atoms. The summed E-state index contributed by atoms with van der Waals surface area (Å²) in [6.07, 6.45) is 1.61. The van der Waals surface area contributed by atoms with E-state index >= 15 is 0 Å². The highest BCUT2D eigenvalue weighted by Crippen LogP contribution is 2.24. The maximum absolute atomic E-state index is 13.3. The molecule has 1 aromatic heterocycles. The highest BCUT2D eigenvalue weighted by atomic mass is 19.1. The summed E-state index contributed by atoms with van der Waals surface area (Å²) >= 11 is 0. The van der Waals surface area contributed by atoms with Crippen LogP contribution in [0, 0.1) is 11.7 Å². The second kappa shape index (κ2) is 9.18. The van der Waals surface area contributed by atoms with Crippen LogP contribution in [0.25, 0.3) is 11.0 Å². The molecule has 1 aliphatic heterocycles. The second-order valence-corrected chi connectivity index (χ2v) is 9.43. The highest BCUT2D eigenvalue weighted by Gasteiger charge is 2.27. The van der Waals surface area contributed by atoms with Crippen molar-refractivity contribution in [1.29, 1.82) is 0 Å². The standard InChI is InChI=1S/C25H31FN4O2/c1-25(2,3)32-24(31)29-14-12-18(13-15-29)16-27-23-28-21-6-4-5-7-22(21)30(23)17-19-8-10-20(26)11-9-19/h4-11,18H,12-17H2,1-3H3,(H,27,28). The van der Waals surface area contributed by atoms with Crippen LogP contribution in [0.3, 0.4) is 0 Å². The number of rotatable bonds is 5. The van der Waals surface area contributed by atoms with Crippen LogP contribution in [0.5, 0.6) is 0 Å². The zero-order chi connectivity index (χ0) is 22.7. The van der Waals surface area contributed by atoms with Crippen molar-refractivity contribution in [2.75, 3.05) is 25.0 Å². The number of ether oxygens (including phenoxy) is 1. The Balaban J connectivity index is 1.40. The fourth-order valence-electron chi connectivity index (χ4n) is 4.02. The fraction of sp³-hybridized carbons (Fsp3) is 0.440. The summed E-state index contributed by atoms with van der Waals surface area (Å²) in [5, 5.41) is 3.53. The Labute approximate surface area is 188 Å². The van der Waals surface area contributed by atoms with Crippen LogP contribution in [-0.2, 0) is 11.3 Å². The number of halogens is 1. The first-order valence-electron chi connectivity index (χ1n) is 11.2. The number of carbonyl (C=O) groups is 1. The summed E-state index contributed by atoms with van der Waals surface area (Å²) in [7, 11) is 0. The topological polar surface area (TPSA) is 59.4 Å². The van der Waals surface area contributed by atoms with Crippen molar-refractivity contribution in [3.63, 3.8) is 0 Å². The van der Waals surface area contributed by atoms with Gasteiger partial charge in [0.1, 0.15) is 11.4 Å². The molecule has 2 aromatic carbocycles. The number of hydrogen-bond acceptors (Lipinski definition) is 4. The molecule has 32 heavy (non-hydrogen) atoms. The van der Waals surface area contributed by atoms with Crippen molar-refractivity contribution in [2.24, 2.45) is 5.92 Å². The lowest BCUT2D eigenvalue weighted by Gasteiger charge is -2.33. The molecule has 3 aromatic rings. The number of para-hydroxylation sites is 2. The zero-order valence-electron chi connectivity index (χ0n) is 19.0. The molecule has 0 radical (unpaired) electrons. The number of nitrogens with zero attached hydrogens (tertiary/aromatic N) is 3. The molecule has 0 aliphatic carbocycles. The predicted octanol–water partition coefficient (Wildman–Crippen LogP) is 5.28. The van der Waals surface area contributed by atoms with Crippen LogP contribution >= 0.6 is 0 Å². The van der Waals surface area contributed by atoms with E-state index in [1.807, 2.05) is 39.0 Å². The largest absolute Gasteiger partial charge is 0.444 e. The Morgan fingerprint density at radius 1 is 1.12 bits per heavy atom. The number of piperidine rings is 1. The number of benzene rings is 2. The Kier molecular flexibility index (Phi) is 6.35. The van der Waals surface area contributed by atoms with Gasteiger partial charge in [0.2, 0.25) is 5.95 Å². The third kappa shape index (κ3) is 5.39. The van der Waals surface area contributed by atoms with Crippen molar-refractivity contribution in [3.05, 3.63) is 59.9 Å². The Hall–Kier alpha value is -3.09. The molecule has 0 unspecified atom stereocenters. The summed E-state index contributed by atoms with van der Waals surface area (Å²) in [4.78, 5) is 18.9. The van der Waals surface area contributed by atoms with E-state index in [1.165, 1.54) is 12.1 Å². The molecule has 2 heterocycles. The van der Waals surface area contributed by atoms with Crippen LogP contribution in [0.4, 0.5) is 15.1 Å². The molecule has 7 heteroatoms. The number of imidazole rings is 1. The number of carbonyl (C=O) groups excluding carboxylic acids is 1. The molecule has 0 atom stereocenters. The van der Waals surface area contributed by atoms with Crippen LogP contribution in [0.2, 0.25) is 0 Å². The highest BCUT2D eigenvalue weighted by molar-refractivity contribution is 5.78. The van der Waals surface area contributed by atoms with Crippen LogP contribution in [0.1, 0.15) is 39.2 Å². The molecule has 1 aliphatic rings. The van der Waals surface area contributed by atoms with Gasteiger partial charge in [-0.3, -0.25) is 0 Å². The van der Waals surface area contributed by atoms with Gasteiger partial charge in [-0.05, 0) is 69.4 Å². The second-order valence-electron chi connectivity index (χ2n) is 9.43. The summed E-state index contributed by atoms with van der Waals surface area (Å²) < 4.78 is 20.9. The van der Waals surface area contributed by atoms with E-state index in [-0.39, 0.29) is 11.9 Å². The van der Waals surface area contributed by atoms with Gasteiger partial charge in [0.15, 0.2) is 0 Å². The third-order valence-corrected chi connectivity index (χ3v) is 5.72. The van der Waals surface area contributed by atoms with Crippen molar-refractivity contribution in [2.45, 2.75) is 45.8 Å². The van der Waals surface area contributed by atoms with E-state index in [9.17, 15) is 9.18 Å². The fourth-order valence-corrected chi connectivity index (χ4v) is 4.02. The molecule has 1 fully saturated rings. The van der Waals surface area contributed by atoms with E-state index in [0.29, 0.717) is 25.6 Å². The molecule has 1 N–H and O–H groups in total. The molecular formula is C25H31FN4O2. The molecule has 1 saturated heterocycles. The van der Waals surface area contributed by atoms with Crippen LogP contribution in [0.15, 0.2) is 48.5 Å². The molecule has 0 saturated carbocycles. The van der Waals surface area contributed by atoms with Crippen molar-refractivity contribution in [3.8, 4) is 0 Å². The van der Waals surface area contributed by atoms with Crippen molar-refractivity contribution < 1.29 is 13.9 Å². The van der Waals surface area contributed by atoms with Crippen LogP contribution < -0.4 is 5.32 Å². The van der Waals surface area contributed by atoms with Gasteiger partial charge in [0.05, 0.1) is 17.6 Å². The molecular weight excluding hydrogens is 407 g/mol. The van der Waals surface area contributed by atoms with Crippen molar-refractivity contribution >= 4 is 23.1 Å². The van der Waals surface area contributed by atoms with E-state index in [0.717, 1.165) is 41.9 Å². The van der Waals surface area contributed by atoms with Crippen LogP contribution in [-0.4, -0.2) is 45.8 Å². The number of likely N-dealkylation sites (tertiary alicyclic amines) is 1. The number of aromatic nitrogens is 2. The molecule has 170 valence electrons. The number of fused-ring (bicyclic) bond motifs is 1. The minimum atomic E-state index is -0.473. The Morgan fingerprint density at radius 2 is 1.81 bits per heavy atom. The average molecular weight is 439 g/mol. The molecule has 4 rings (SSSR count). The van der Waals surface area contributed by atoms with Gasteiger partial charge in [0, 0.05) is 19.6 Å². The maximum Gasteiger partial charge on any atom is 0.410 e. The zero-order valence-corrected chi connectivity index (χ0v) is 19.0. The first-order valence-corrected chi connectivity index (χ1v) is 11.2. The Morgan fingerprint density at radius 3 is 2.50 bits per heavy atom. The summed E-state index contributed by atoms with van der Waals surface area (Å²) in [6.45, 7) is 8.47. The quantitative estimate of drug-likeness (QED) is 0.589. The molecule has 6 nitrogen and oxygen atoms in total. The summed E-state index contributed by atoms with van der Waals surface area (Å²) in [5.41, 5.74) is 2.51. The smallest absolute Gasteiger partial charge is 0.410 e. The van der Waals surface area contributed by atoms with Crippen molar-refractivity contribution in [1.82, 2.24) is 14.5 Å². The van der Waals surface area contributed by atoms with E-state index in [2.05, 4.69) is 16.0 Å². The van der Waals surface area contributed by atoms with Gasteiger partial charge < -0.3 is 19.5 Å². The van der Waals surface area contributed by atoms with Gasteiger partial charge in [-0.15, -0.1) is 0 Å². The van der Waals surface area contributed by atoms with Gasteiger partial charge in [-0.2, -0.15) is 0 Å². The Bertz CT molecular complexity index is 1060. The number of hydrogen-bond donors (Lipinski definition) is 1. The lowest BCUT2D eigenvalue weighted by molar-refractivity contribution is 0.0188. The number of anilines is 1. The predicted molar refractivity (Wildman–Crippen MR) is 124 cm³/mol. The summed E-state index contributed by atoms with van der Waals surface area (Å²) in [5.74, 6) is 1.03. The van der Waals surface area contributed by atoms with E-state index in [1.54, 1.807) is 17.0 Å². The minimum absolute atomic E-state index is 0.231. The van der Waals surface area contributed by atoms with E-state index in [4.69, 9.17) is 9.72 Å². The van der Waals surface area contributed by atoms with Gasteiger partial charge in [-0.1, -0.05) is 24.3 Å². The third-order valence-electron chi connectivity index (χ3n) is 5.72. The minimum Gasteiger partial charge on any atom is -0.444 e. The monoisotopic (exact) mass is 438 g/mol. The normalized spacial score (nSPS) is 15.2. The van der Waals surface area contributed by atoms with Gasteiger partial charge in [-0.25, -0.2) is 14.2 Å². The lowest BCUT2D eigenvalue weighted by Crippen LogP contribution is -2.42.